The Kier molecular flexibility index (Phi) is 4.50. The molecule has 0 saturated heterocycles. The zero-order chi connectivity index (χ0) is 21.7. The maximum absolute atomic E-state index is 13.4. The van der Waals surface area contributed by atoms with Crippen molar-refractivity contribution in [3.63, 3.8) is 0 Å². The van der Waals surface area contributed by atoms with Gasteiger partial charge in [0.2, 0.25) is 5.95 Å². The third-order valence-electron chi connectivity index (χ3n) is 5.78. The average molecular weight is 419 g/mol. The summed E-state index contributed by atoms with van der Waals surface area (Å²) in [5, 5.41) is 0. The van der Waals surface area contributed by atoms with Gasteiger partial charge in [0, 0.05) is 25.8 Å². The number of aryl methyl sites for hydroxylation is 3. The molecule has 158 valence electrons. The van der Waals surface area contributed by atoms with Gasteiger partial charge in [-0.15, -0.1) is 0 Å². The Bertz CT molecular complexity index is 1420. The zero-order valence-corrected chi connectivity index (χ0v) is 17.4. The van der Waals surface area contributed by atoms with Gasteiger partial charge in [0.25, 0.3) is 5.56 Å². The molecule has 0 saturated carbocycles. The number of hydrogen-bond donors (Lipinski definition) is 0. The van der Waals surface area contributed by atoms with Crippen molar-refractivity contribution in [1.29, 1.82) is 0 Å². The normalized spacial score (nSPS) is 13.6. The second-order valence-electron chi connectivity index (χ2n) is 7.94. The highest BCUT2D eigenvalue weighted by Crippen LogP contribution is 2.31. The number of halogens is 1. The second-order valence-corrected chi connectivity index (χ2v) is 7.94. The van der Waals surface area contributed by atoms with Gasteiger partial charge >= 0.3 is 5.69 Å². The topological polar surface area (TPSA) is 65.1 Å². The van der Waals surface area contributed by atoms with E-state index in [0.717, 1.165) is 24.2 Å². The summed E-state index contributed by atoms with van der Waals surface area (Å²) in [5.74, 6) is 0.305. The smallest absolute Gasteiger partial charge is 0.312 e. The van der Waals surface area contributed by atoms with Crippen molar-refractivity contribution in [2.75, 3.05) is 11.4 Å². The first kappa shape index (κ1) is 19.3. The molecule has 7 nitrogen and oxygen atoms in total. The molecule has 2 aromatic heterocycles. The summed E-state index contributed by atoms with van der Waals surface area (Å²) in [6, 6.07) is 13.9. The quantitative estimate of drug-likeness (QED) is 0.512. The van der Waals surface area contributed by atoms with Crippen LogP contribution in [0.15, 0.2) is 58.1 Å². The minimum Gasteiger partial charge on any atom is -0.312 e. The lowest BCUT2D eigenvalue weighted by Gasteiger charge is -2.29. The van der Waals surface area contributed by atoms with E-state index >= 15 is 0 Å². The molecule has 0 N–H and O–H groups in total. The summed E-state index contributed by atoms with van der Waals surface area (Å²) in [6.07, 6.45) is 0.854. The van der Waals surface area contributed by atoms with Crippen LogP contribution in [0.2, 0.25) is 0 Å². The van der Waals surface area contributed by atoms with Crippen molar-refractivity contribution in [3.05, 3.63) is 86.3 Å². The highest BCUT2D eigenvalue weighted by atomic mass is 19.1. The van der Waals surface area contributed by atoms with Crippen LogP contribution in [0.25, 0.3) is 11.2 Å². The van der Waals surface area contributed by atoms with Gasteiger partial charge < -0.3 is 9.47 Å². The lowest BCUT2D eigenvalue weighted by molar-refractivity contribution is 0.597. The van der Waals surface area contributed by atoms with E-state index in [1.54, 1.807) is 19.2 Å². The van der Waals surface area contributed by atoms with Crippen LogP contribution >= 0.6 is 0 Å². The first-order valence-electron chi connectivity index (χ1n) is 10.2. The lowest BCUT2D eigenvalue weighted by Crippen LogP contribution is -2.40. The highest BCUT2D eigenvalue weighted by molar-refractivity contribution is 5.77. The van der Waals surface area contributed by atoms with Crippen LogP contribution in [-0.4, -0.2) is 25.2 Å². The molecule has 0 unspecified atom stereocenters. The van der Waals surface area contributed by atoms with Gasteiger partial charge in [0.15, 0.2) is 11.2 Å². The number of fused-ring (bicyclic) bond motifs is 3. The van der Waals surface area contributed by atoms with E-state index in [1.165, 1.54) is 21.3 Å². The van der Waals surface area contributed by atoms with E-state index in [-0.39, 0.29) is 17.9 Å². The van der Waals surface area contributed by atoms with E-state index in [1.807, 2.05) is 29.7 Å². The van der Waals surface area contributed by atoms with E-state index in [9.17, 15) is 14.0 Å². The van der Waals surface area contributed by atoms with E-state index in [2.05, 4.69) is 11.0 Å². The van der Waals surface area contributed by atoms with Gasteiger partial charge in [-0.1, -0.05) is 24.3 Å². The third-order valence-corrected chi connectivity index (χ3v) is 5.78. The van der Waals surface area contributed by atoms with Crippen LogP contribution in [0.1, 0.15) is 17.5 Å². The number of hydrogen-bond acceptors (Lipinski definition) is 4. The Morgan fingerprint density at radius 3 is 2.58 bits per heavy atom. The number of imidazole rings is 1. The summed E-state index contributed by atoms with van der Waals surface area (Å²) in [6.45, 7) is 3.54. The van der Waals surface area contributed by atoms with Gasteiger partial charge in [-0.3, -0.25) is 13.9 Å². The zero-order valence-electron chi connectivity index (χ0n) is 17.4. The molecule has 0 spiro atoms. The predicted molar refractivity (Wildman–Crippen MR) is 118 cm³/mol. The first-order chi connectivity index (χ1) is 14.9. The molecule has 3 heterocycles. The Labute approximate surface area is 177 Å². The van der Waals surface area contributed by atoms with Crippen molar-refractivity contribution < 1.29 is 4.39 Å². The van der Waals surface area contributed by atoms with Crippen LogP contribution in [-0.2, 0) is 20.1 Å². The molecule has 31 heavy (non-hydrogen) atoms. The van der Waals surface area contributed by atoms with E-state index in [0.29, 0.717) is 29.2 Å². The first-order valence-corrected chi connectivity index (χ1v) is 10.2. The standard InChI is InChI=1S/C23H22FN5O2/c1-15-5-3-6-18(13-15)27-11-4-12-28-19-20(25-22(27)28)26(2)23(31)29(21(19)30)14-16-7-9-17(24)10-8-16/h3,5-10,13H,4,11-12,14H2,1-2H3. The molecular formula is C23H22FN5O2. The van der Waals surface area contributed by atoms with Crippen molar-refractivity contribution in [1.82, 2.24) is 18.7 Å². The van der Waals surface area contributed by atoms with Crippen LogP contribution in [0.4, 0.5) is 16.0 Å². The summed E-state index contributed by atoms with van der Waals surface area (Å²) < 4.78 is 17.8. The molecule has 0 radical (unpaired) electrons. The molecule has 0 bridgehead atoms. The van der Waals surface area contributed by atoms with Crippen LogP contribution in [0, 0.1) is 12.7 Å². The molecule has 0 amide bonds. The maximum atomic E-state index is 13.4. The highest BCUT2D eigenvalue weighted by Gasteiger charge is 2.27. The molecule has 0 atom stereocenters. The largest absolute Gasteiger partial charge is 0.332 e. The fraction of sp³-hybridized carbons (Fsp3) is 0.261. The third kappa shape index (κ3) is 3.15. The molecule has 1 aliphatic rings. The van der Waals surface area contributed by atoms with Gasteiger partial charge in [-0.25, -0.2) is 9.18 Å². The lowest BCUT2D eigenvalue weighted by atomic mass is 10.2. The van der Waals surface area contributed by atoms with Crippen molar-refractivity contribution in [2.24, 2.45) is 7.05 Å². The number of benzene rings is 2. The molecule has 0 aliphatic carbocycles. The molecule has 5 rings (SSSR count). The van der Waals surface area contributed by atoms with Gasteiger partial charge in [-0.2, -0.15) is 4.98 Å². The minimum absolute atomic E-state index is 0.0732. The monoisotopic (exact) mass is 419 g/mol. The molecule has 0 fully saturated rings. The SMILES string of the molecule is Cc1cccc(N2CCCn3c2nc2c3c(=O)n(Cc3ccc(F)cc3)c(=O)n2C)c1. The summed E-state index contributed by atoms with van der Waals surface area (Å²) in [7, 11) is 1.63. The summed E-state index contributed by atoms with van der Waals surface area (Å²) in [4.78, 5) is 33.2. The van der Waals surface area contributed by atoms with Crippen LogP contribution < -0.4 is 16.1 Å². The fourth-order valence-corrected chi connectivity index (χ4v) is 4.22. The number of nitrogens with zero attached hydrogens (tertiary/aromatic N) is 5. The van der Waals surface area contributed by atoms with E-state index < -0.39 is 5.69 Å². The van der Waals surface area contributed by atoms with Gasteiger partial charge in [-0.05, 0) is 48.7 Å². The Balaban J connectivity index is 1.69. The maximum Gasteiger partial charge on any atom is 0.332 e. The molecule has 1 aliphatic heterocycles. The summed E-state index contributed by atoms with van der Waals surface area (Å²) in [5.41, 5.74) is 2.79. The van der Waals surface area contributed by atoms with Crippen LogP contribution in [0.5, 0.6) is 0 Å². The van der Waals surface area contributed by atoms with Gasteiger partial charge in [0.05, 0.1) is 6.54 Å². The molecular weight excluding hydrogens is 397 g/mol. The second kappa shape index (κ2) is 7.23. The molecule has 8 heteroatoms. The molecule has 4 aromatic rings. The molecule has 2 aromatic carbocycles. The minimum atomic E-state index is -0.445. The van der Waals surface area contributed by atoms with Crippen LogP contribution in [0.3, 0.4) is 0 Å². The number of anilines is 2. The van der Waals surface area contributed by atoms with E-state index in [4.69, 9.17) is 4.98 Å². The summed E-state index contributed by atoms with van der Waals surface area (Å²) >= 11 is 0. The number of aromatic nitrogens is 4. The van der Waals surface area contributed by atoms with Crippen molar-refractivity contribution >= 4 is 22.8 Å². The Morgan fingerprint density at radius 1 is 1.06 bits per heavy atom. The Hall–Kier alpha value is -3.68. The Morgan fingerprint density at radius 2 is 1.84 bits per heavy atom. The predicted octanol–water partition coefficient (Wildman–Crippen LogP) is 2.93. The number of rotatable bonds is 3. The van der Waals surface area contributed by atoms with Gasteiger partial charge in [0.1, 0.15) is 5.82 Å². The van der Waals surface area contributed by atoms with Crippen molar-refractivity contribution in [2.45, 2.75) is 26.4 Å². The fourth-order valence-electron chi connectivity index (χ4n) is 4.22. The average Bonchev–Trinajstić information content (AvgIpc) is 3.16. The van der Waals surface area contributed by atoms with Crippen molar-refractivity contribution in [3.8, 4) is 0 Å².